The molecule has 1 aromatic rings. The quantitative estimate of drug-likeness (QED) is 0.815. The molecule has 0 saturated heterocycles. The lowest BCUT2D eigenvalue weighted by atomic mass is 10.0. The van der Waals surface area contributed by atoms with Crippen LogP contribution in [0.2, 0.25) is 0 Å². The Bertz CT molecular complexity index is 388. The number of Topliss-reactive ketones (excluding diaryl/α,β-unsaturated/α-hetero) is 1. The molecule has 1 N–H and O–H groups in total. The second-order valence-corrected chi connectivity index (χ2v) is 4.12. The zero-order chi connectivity index (χ0) is 12.0. The third kappa shape index (κ3) is 4.57. The van der Waals surface area contributed by atoms with Crippen LogP contribution in [0, 0.1) is 0 Å². The van der Waals surface area contributed by atoms with Crippen LogP contribution in [-0.2, 0) is 22.4 Å². The Balaban J connectivity index is 2.63. The van der Waals surface area contributed by atoms with Crippen LogP contribution < -0.4 is 0 Å². The van der Waals surface area contributed by atoms with E-state index in [0.717, 1.165) is 11.1 Å². The van der Waals surface area contributed by atoms with Gasteiger partial charge in [-0.1, -0.05) is 40.2 Å². The first-order valence-electron chi connectivity index (χ1n) is 4.99. The summed E-state index contributed by atoms with van der Waals surface area (Å²) in [7, 11) is 0. The summed E-state index contributed by atoms with van der Waals surface area (Å²) in [6.45, 7) is 0. The van der Waals surface area contributed by atoms with Gasteiger partial charge in [-0.05, 0) is 17.5 Å². The third-order valence-electron chi connectivity index (χ3n) is 2.17. The zero-order valence-corrected chi connectivity index (χ0v) is 10.4. The lowest BCUT2D eigenvalue weighted by Crippen LogP contribution is -2.04. The summed E-state index contributed by atoms with van der Waals surface area (Å²) in [5.74, 6) is -0.683. The first-order chi connectivity index (χ1) is 7.61. The van der Waals surface area contributed by atoms with Gasteiger partial charge in [-0.3, -0.25) is 9.59 Å². The first kappa shape index (κ1) is 12.9. The number of hydrogen-bond acceptors (Lipinski definition) is 2. The molecule has 0 fully saturated rings. The summed E-state index contributed by atoms with van der Waals surface area (Å²) in [5, 5.41) is 8.92. The Labute approximate surface area is 103 Å². The number of hydrogen-bond donors (Lipinski definition) is 1. The Morgan fingerprint density at radius 2 is 1.94 bits per heavy atom. The van der Waals surface area contributed by atoms with Crippen LogP contribution in [0.5, 0.6) is 0 Å². The number of alkyl halides is 1. The van der Waals surface area contributed by atoms with Gasteiger partial charge in [0.1, 0.15) is 5.78 Å². The monoisotopic (exact) mass is 284 g/mol. The van der Waals surface area contributed by atoms with Gasteiger partial charge >= 0.3 is 5.97 Å². The molecule has 0 saturated carbocycles. The van der Waals surface area contributed by atoms with Crippen LogP contribution in [0.3, 0.4) is 0 Å². The van der Waals surface area contributed by atoms with E-state index < -0.39 is 5.97 Å². The number of halogens is 1. The SMILES string of the molecule is O=C(O)CCc1cccc(CC(=O)CBr)c1. The minimum atomic E-state index is -0.804. The van der Waals surface area contributed by atoms with Gasteiger partial charge in [0, 0.05) is 12.8 Å². The Morgan fingerprint density at radius 1 is 1.25 bits per heavy atom. The Kier molecular flexibility index (Phi) is 5.19. The largest absolute Gasteiger partial charge is 0.481 e. The topological polar surface area (TPSA) is 54.4 Å². The molecular formula is C12H13BrO3. The van der Waals surface area contributed by atoms with E-state index in [0.29, 0.717) is 18.2 Å². The van der Waals surface area contributed by atoms with Gasteiger partial charge in [-0.15, -0.1) is 0 Å². The van der Waals surface area contributed by atoms with Gasteiger partial charge in [0.15, 0.2) is 0 Å². The standard InChI is InChI=1S/C12H13BrO3/c13-8-11(14)7-10-3-1-2-9(6-10)4-5-12(15)16/h1-3,6H,4-5,7-8H2,(H,15,16). The number of benzene rings is 1. The highest BCUT2D eigenvalue weighted by molar-refractivity contribution is 9.09. The lowest BCUT2D eigenvalue weighted by Gasteiger charge is -2.03. The van der Waals surface area contributed by atoms with Crippen molar-refractivity contribution >= 4 is 27.7 Å². The number of carboxylic acid groups (broad SMARTS) is 1. The normalized spacial score (nSPS) is 10.1. The minimum Gasteiger partial charge on any atom is -0.481 e. The molecule has 0 heterocycles. The van der Waals surface area contributed by atoms with E-state index in [4.69, 9.17) is 5.11 Å². The molecule has 0 aliphatic carbocycles. The summed E-state index contributed by atoms with van der Waals surface area (Å²) in [5.41, 5.74) is 1.90. The van der Waals surface area contributed by atoms with Crippen LogP contribution in [-0.4, -0.2) is 22.2 Å². The van der Waals surface area contributed by atoms with Gasteiger partial charge < -0.3 is 5.11 Å². The number of ketones is 1. The zero-order valence-electron chi connectivity index (χ0n) is 8.78. The van der Waals surface area contributed by atoms with Crippen molar-refractivity contribution in [1.29, 1.82) is 0 Å². The highest BCUT2D eigenvalue weighted by atomic mass is 79.9. The molecule has 0 bridgehead atoms. The Morgan fingerprint density at radius 3 is 2.56 bits per heavy atom. The van der Waals surface area contributed by atoms with E-state index in [2.05, 4.69) is 15.9 Å². The number of aliphatic carboxylic acids is 1. The molecule has 0 unspecified atom stereocenters. The van der Waals surface area contributed by atoms with Crippen molar-refractivity contribution in [3.63, 3.8) is 0 Å². The molecule has 0 radical (unpaired) electrons. The molecule has 0 amide bonds. The molecule has 0 aromatic heterocycles. The van der Waals surface area contributed by atoms with Crippen LogP contribution in [0.15, 0.2) is 24.3 Å². The van der Waals surface area contributed by atoms with Crippen molar-refractivity contribution in [2.45, 2.75) is 19.3 Å². The maximum Gasteiger partial charge on any atom is 0.303 e. The average molecular weight is 285 g/mol. The van der Waals surface area contributed by atoms with Gasteiger partial charge in [0.25, 0.3) is 0 Å². The summed E-state index contributed by atoms with van der Waals surface area (Å²) in [6, 6.07) is 7.51. The number of aryl methyl sites for hydroxylation is 1. The van der Waals surface area contributed by atoms with Crippen molar-refractivity contribution < 1.29 is 14.7 Å². The van der Waals surface area contributed by atoms with Crippen LogP contribution in [0.4, 0.5) is 0 Å². The van der Waals surface area contributed by atoms with Crippen molar-refractivity contribution in [1.82, 2.24) is 0 Å². The van der Waals surface area contributed by atoms with Crippen LogP contribution in [0.1, 0.15) is 17.5 Å². The van der Waals surface area contributed by atoms with E-state index in [9.17, 15) is 9.59 Å². The number of rotatable bonds is 6. The van der Waals surface area contributed by atoms with Crippen molar-refractivity contribution in [2.75, 3.05) is 5.33 Å². The second kappa shape index (κ2) is 6.43. The molecule has 1 rings (SSSR count). The third-order valence-corrected chi connectivity index (χ3v) is 2.79. The van der Waals surface area contributed by atoms with Crippen molar-refractivity contribution in [2.24, 2.45) is 0 Å². The molecule has 86 valence electrons. The summed E-state index contributed by atoms with van der Waals surface area (Å²) < 4.78 is 0. The van der Waals surface area contributed by atoms with E-state index in [1.165, 1.54) is 0 Å². The predicted octanol–water partition coefficient (Wildman–Crippen LogP) is 2.21. The molecular weight excluding hydrogens is 272 g/mol. The minimum absolute atomic E-state index is 0.121. The molecule has 0 spiro atoms. The van der Waals surface area contributed by atoms with E-state index in [-0.39, 0.29) is 12.2 Å². The average Bonchev–Trinajstić information content (AvgIpc) is 2.26. The number of carboxylic acids is 1. The fourth-order valence-electron chi connectivity index (χ4n) is 1.42. The molecule has 0 aliphatic heterocycles. The van der Waals surface area contributed by atoms with E-state index in [1.807, 2.05) is 24.3 Å². The molecule has 4 heteroatoms. The summed E-state index contributed by atoms with van der Waals surface area (Å²) in [4.78, 5) is 21.6. The first-order valence-corrected chi connectivity index (χ1v) is 6.11. The predicted molar refractivity (Wildman–Crippen MR) is 64.9 cm³/mol. The number of carbonyl (C=O) groups excluding carboxylic acids is 1. The summed E-state index contributed by atoms with van der Waals surface area (Å²) >= 11 is 3.11. The van der Waals surface area contributed by atoms with Crippen molar-refractivity contribution in [3.05, 3.63) is 35.4 Å². The molecule has 16 heavy (non-hydrogen) atoms. The maximum absolute atomic E-state index is 11.2. The van der Waals surface area contributed by atoms with Crippen LogP contribution >= 0.6 is 15.9 Å². The van der Waals surface area contributed by atoms with E-state index >= 15 is 0 Å². The van der Waals surface area contributed by atoms with Crippen LogP contribution in [0.25, 0.3) is 0 Å². The van der Waals surface area contributed by atoms with E-state index in [1.54, 1.807) is 0 Å². The van der Waals surface area contributed by atoms with Gasteiger partial charge in [0.2, 0.25) is 0 Å². The fraction of sp³-hybridized carbons (Fsp3) is 0.333. The second-order valence-electron chi connectivity index (χ2n) is 3.56. The molecule has 0 atom stereocenters. The molecule has 0 aliphatic rings. The van der Waals surface area contributed by atoms with Gasteiger partial charge in [0.05, 0.1) is 5.33 Å². The maximum atomic E-state index is 11.2. The highest BCUT2D eigenvalue weighted by Crippen LogP contribution is 2.09. The smallest absolute Gasteiger partial charge is 0.303 e. The Hall–Kier alpha value is -1.16. The molecule has 1 aromatic carbocycles. The van der Waals surface area contributed by atoms with Crippen molar-refractivity contribution in [3.8, 4) is 0 Å². The lowest BCUT2D eigenvalue weighted by molar-refractivity contribution is -0.137. The molecule has 3 nitrogen and oxygen atoms in total. The number of carbonyl (C=O) groups is 2. The van der Waals surface area contributed by atoms with Gasteiger partial charge in [-0.25, -0.2) is 0 Å². The highest BCUT2D eigenvalue weighted by Gasteiger charge is 2.04. The fourth-order valence-corrected chi connectivity index (χ4v) is 1.62. The van der Waals surface area contributed by atoms with Gasteiger partial charge in [-0.2, -0.15) is 0 Å². The summed E-state index contributed by atoms with van der Waals surface area (Å²) in [6.07, 6.45) is 1.02.